The summed E-state index contributed by atoms with van der Waals surface area (Å²) < 4.78 is 49.8. The molecule has 1 aliphatic rings. The molecule has 1 fully saturated rings. The molecule has 0 saturated carbocycles. The number of hydrogen-bond donors (Lipinski definition) is 2. The summed E-state index contributed by atoms with van der Waals surface area (Å²) in [6.07, 6.45) is 3.25. The number of sulfonamides is 1. The Balaban J connectivity index is 1.43. The van der Waals surface area contributed by atoms with E-state index in [4.69, 9.17) is 18.9 Å². The molecule has 0 unspecified atom stereocenters. The average molecular weight is 656 g/mol. The molecule has 4 rings (SSSR count). The lowest BCUT2D eigenvalue weighted by Gasteiger charge is -2.25. The first-order valence-corrected chi connectivity index (χ1v) is 15.5. The minimum absolute atomic E-state index is 0.0334. The van der Waals surface area contributed by atoms with Crippen molar-refractivity contribution in [3.05, 3.63) is 82.4 Å². The van der Waals surface area contributed by atoms with Crippen LogP contribution in [-0.2, 0) is 24.3 Å². The summed E-state index contributed by atoms with van der Waals surface area (Å²) in [5.74, 6) is -0.274. The number of nitro groups is 1. The van der Waals surface area contributed by atoms with E-state index in [1.807, 2.05) is 0 Å². The molecular formula is C30H33N5O10S. The second kappa shape index (κ2) is 15.7. The molecule has 3 aromatic rings. The van der Waals surface area contributed by atoms with Crippen molar-refractivity contribution in [2.75, 3.05) is 44.8 Å². The van der Waals surface area contributed by atoms with E-state index in [2.05, 4.69) is 15.8 Å². The number of methoxy groups -OCH3 is 2. The Kier molecular flexibility index (Phi) is 11.5. The van der Waals surface area contributed by atoms with Crippen molar-refractivity contribution in [2.24, 2.45) is 5.10 Å². The molecule has 2 amide bonds. The van der Waals surface area contributed by atoms with Gasteiger partial charge < -0.3 is 24.3 Å². The van der Waals surface area contributed by atoms with Crippen LogP contribution in [0.1, 0.15) is 18.4 Å². The van der Waals surface area contributed by atoms with Gasteiger partial charge in [0.2, 0.25) is 0 Å². The van der Waals surface area contributed by atoms with Gasteiger partial charge in [0.25, 0.3) is 27.5 Å². The maximum Gasteiger partial charge on any atom is 0.289 e. The Hall–Kier alpha value is -5.22. The third-order valence-electron chi connectivity index (χ3n) is 6.78. The summed E-state index contributed by atoms with van der Waals surface area (Å²) in [5, 5.41) is 18.3. The molecular weight excluding hydrogens is 622 g/mol. The molecule has 46 heavy (non-hydrogen) atoms. The number of rotatable bonds is 15. The van der Waals surface area contributed by atoms with E-state index in [-0.39, 0.29) is 30.1 Å². The predicted octanol–water partition coefficient (Wildman–Crippen LogP) is 2.63. The van der Waals surface area contributed by atoms with Crippen LogP contribution in [0, 0.1) is 10.1 Å². The number of ether oxygens (including phenoxy) is 4. The van der Waals surface area contributed by atoms with Crippen LogP contribution in [0.3, 0.4) is 0 Å². The second-order valence-electron chi connectivity index (χ2n) is 9.86. The fourth-order valence-corrected chi connectivity index (χ4v) is 6.05. The van der Waals surface area contributed by atoms with Crippen LogP contribution < -0.4 is 29.3 Å². The first kappa shape index (κ1) is 33.7. The Morgan fingerprint density at radius 3 is 2.48 bits per heavy atom. The number of nitrogens with zero attached hydrogens (tertiary/aromatic N) is 3. The normalized spacial score (nSPS) is 14.4. The van der Waals surface area contributed by atoms with Crippen molar-refractivity contribution in [2.45, 2.75) is 23.8 Å². The molecule has 244 valence electrons. The van der Waals surface area contributed by atoms with E-state index < -0.39 is 38.0 Å². The van der Waals surface area contributed by atoms with Crippen molar-refractivity contribution >= 4 is 39.4 Å². The van der Waals surface area contributed by atoms with E-state index in [0.29, 0.717) is 34.5 Å². The lowest BCUT2D eigenvalue weighted by molar-refractivity contribution is -0.387. The summed E-state index contributed by atoms with van der Waals surface area (Å²) in [6.45, 7) is 0.181. The quantitative estimate of drug-likeness (QED) is 0.140. The third kappa shape index (κ3) is 8.70. The van der Waals surface area contributed by atoms with Crippen LogP contribution in [-0.4, -0.2) is 78.0 Å². The summed E-state index contributed by atoms with van der Waals surface area (Å²) in [6, 6.07) is 15.6. The fourth-order valence-electron chi connectivity index (χ4n) is 4.46. The maximum absolute atomic E-state index is 13.8. The molecule has 15 nitrogen and oxygen atoms in total. The van der Waals surface area contributed by atoms with Gasteiger partial charge in [0.1, 0.15) is 23.8 Å². The minimum Gasteiger partial charge on any atom is -0.497 e. The van der Waals surface area contributed by atoms with Crippen LogP contribution in [0.5, 0.6) is 17.2 Å². The van der Waals surface area contributed by atoms with E-state index in [0.717, 1.165) is 25.0 Å². The summed E-state index contributed by atoms with van der Waals surface area (Å²) in [7, 11) is -1.96. The Morgan fingerprint density at radius 2 is 1.80 bits per heavy atom. The SMILES string of the molecule is COc1ccc(N(CC(=O)N/N=C\c2ccc(OCC(=O)NC[C@H]3CCCO3)cc2)S(=O)(=O)c2ccccc2[N+](=O)[O-])c(OC)c1. The zero-order chi connectivity index (χ0) is 33.1. The van der Waals surface area contributed by atoms with Crippen LogP contribution in [0.15, 0.2) is 76.7 Å². The molecule has 1 atom stereocenters. The van der Waals surface area contributed by atoms with Gasteiger partial charge in [-0.1, -0.05) is 12.1 Å². The molecule has 0 spiro atoms. The Bertz CT molecular complexity index is 1680. The molecule has 2 N–H and O–H groups in total. The number of hydrogen-bond acceptors (Lipinski definition) is 11. The van der Waals surface area contributed by atoms with Crippen molar-refractivity contribution < 1.29 is 41.9 Å². The van der Waals surface area contributed by atoms with Crippen LogP contribution in [0.25, 0.3) is 0 Å². The number of benzene rings is 3. The van der Waals surface area contributed by atoms with E-state index in [1.165, 1.54) is 50.8 Å². The molecule has 1 heterocycles. The molecule has 3 aromatic carbocycles. The van der Waals surface area contributed by atoms with Crippen LogP contribution >= 0.6 is 0 Å². The van der Waals surface area contributed by atoms with Gasteiger partial charge in [-0.05, 0) is 60.9 Å². The number of carbonyl (C=O) groups excluding carboxylic acids is 2. The number of para-hydroxylation sites is 1. The second-order valence-corrected chi connectivity index (χ2v) is 11.7. The van der Waals surface area contributed by atoms with Crippen LogP contribution in [0.2, 0.25) is 0 Å². The van der Waals surface area contributed by atoms with E-state index in [1.54, 1.807) is 24.3 Å². The van der Waals surface area contributed by atoms with Crippen molar-refractivity contribution in [3.63, 3.8) is 0 Å². The van der Waals surface area contributed by atoms with Gasteiger partial charge in [-0.15, -0.1) is 0 Å². The summed E-state index contributed by atoms with van der Waals surface area (Å²) >= 11 is 0. The predicted molar refractivity (Wildman–Crippen MR) is 167 cm³/mol. The smallest absolute Gasteiger partial charge is 0.289 e. The Labute approximate surface area is 265 Å². The van der Waals surface area contributed by atoms with E-state index in [9.17, 15) is 28.1 Å². The fraction of sp³-hybridized carbons (Fsp3) is 0.300. The number of nitrogens with one attached hydrogen (secondary N) is 2. The largest absolute Gasteiger partial charge is 0.497 e. The third-order valence-corrected chi connectivity index (χ3v) is 8.58. The molecule has 0 radical (unpaired) electrons. The molecule has 16 heteroatoms. The van der Waals surface area contributed by atoms with Crippen molar-refractivity contribution in [1.82, 2.24) is 10.7 Å². The van der Waals surface area contributed by atoms with E-state index >= 15 is 0 Å². The lowest BCUT2D eigenvalue weighted by Crippen LogP contribution is -2.40. The molecule has 1 saturated heterocycles. The van der Waals surface area contributed by atoms with Gasteiger partial charge in [-0.25, -0.2) is 13.8 Å². The summed E-state index contributed by atoms with van der Waals surface area (Å²) in [4.78, 5) is 35.2. The molecule has 0 aliphatic carbocycles. The highest BCUT2D eigenvalue weighted by Crippen LogP contribution is 2.37. The van der Waals surface area contributed by atoms with Gasteiger partial charge in [0.05, 0.1) is 37.1 Å². The number of anilines is 1. The van der Waals surface area contributed by atoms with Gasteiger partial charge in [-0.3, -0.25) is 24.0 Å². The summed E-state index contributed by atoms with van der Waals surface area (Å²) in [5.41, 5.74) is 2.12. The number of nitro benzene ring substituents is 1. The zero-order valence-corrected chi connectivity index (χ0v) is 25.9. The van der Waals surface area contributed by atoms with Crippen molar-refractivity contribution in [1.29, 1.82) is 0 Å². The highest BCUT2D eigenvalue weighted by molar-refractivity contribution is 7.93. The first-order chi connectivity index (χ1) is 22.1. The van der Waals surface area contributed by atoms with Gasteiger partial charge in [0, 0.05) is 25.3 Å². The molecule has 0 bridgehead atoms. The van der Waals surface area contributed by atoms with Gasteiger partial charge in [0.15, 0.2) is 11.5 Å². The zero-order valence-electron chi connectivity index (χ0n) is 25.1. The number of carbonyl (C=O) groups is 2. The maximum atomic E-state index is 13.8. The van der Waals surface area contributed by atoms with Crippen LogP contribution in [0.4, 0.5) is 11.4 Å². The molecule has 1 aliphatic heterocycles. The average Bonchev–Trinajstić information content (AvgIpc) is 3.59. The highest BCUT2D eigenvalue weighted by Gasteiger charge is 2.34. The monoisotopic (exact) mass is 655 g/mol. The highest BCUT2D eigenvalue weighted by atomic mass is 32.2. The van der Waals surface area contributed by atoms with Gasteiger partial charge in [-0.2, -0.15) is 5.10 Å². The Morgan fingerprint density at radius 1 is 1.07 bits per heavy atom. The minimum atomic E-state index is -4.67. The molecule has 0 aromatic heterocycles. The first-order valence-electron chi connectivity index (χ1n) is 14.0. The van der Waals surface area contributed by atoms with Gasteiger partial charge >= 0.3 is 0 Å². The van der Waals surface area contributed by atoms with Crippen molar-refractivity contribution in [3.8, 4) is 17.2 Å². The lowest BCUT2D eigenvalue weighted by atomic mass is 10.2. The standard InChI is InChI=1S/C30H33N5O10S/c1-42-23-13-14-25(27(16-23)43-2)34(46(40,41)28-8-4-3-7-26(28)35(38)39)19-29(36)33-32-17-21-9-11-22(12-10-21)45-20-30(37)31-18-24-6-5-15-44-24/h3-4,7-14,16-17,24H,5-6,15,18-20H2,1-2H3,(H,31,37)(H,33,36)/b32-17-/t24-/m1/s1. The topological polar surface area (TPSA) is 188 Å². The number of hydrazone groups is 1. The number of amides is 2.